The largest absolute Gasteiger partial charge is 0.496 e. The van der Waals surface area contributed by atoms with E-state index >= 15 is 0 Å². The molecule has 0 heterocycles. The number of carbonyl (C=O) groups is 1. The van der Waals surface area contributed by atoms with E-state index < -0.39 is 0 Å². The van der Waals surface area contributed by atoms with Gasteiger partial charge in [0.1, 0.15) is 5.75 Å². The van der Waals surface area contributed by atoms with E-state index in [4.69, 9.17) is 4.74 Å². The maximum absolute atomic E-state index is 12.1. The minimum Gasteiger partial charge on any atom is -0.496 e. The Morgan fingerprint density at radius 3 is 2.58 bits per heavy atom. The van der Waals surface area contributed by atoms with Crippen LogP contribution in [0.2, 0.25) is 0 Å². The molecule has 0 spiro atoms. The van der Waals surface area contributed by atoms with E-state index in [2.05, 4.69) is 23.5 Å². The summed E-state index contributed by atoms with van der Waals surface area (Å²) in [5.74, 6) is 1.88. The highest BCUT2D eigenvalue weighted by Gasteiger charge is 2.12. The Bertz CT molecular complexity index is 631. The van der Waals surface area contributed by atoms with Crippen molar-refractivity contribution in [1.29, 1.82) is 0 Å². The third kappa shape index (κ3) is 5.93. The molecule has 128 valence electrons. The molecule has 0 aromatic heterocycles. The Labute approximate surface area is 148 Å². The van der Waals surface area contributed by atoms with Crippen molar-refractivity contribution in [2.24, 2.45) is 0 Å². The van der Waals surface area contributed by atoms with Gasteiger partial charge in [-0.05, 0) is 37.0 Å². The van der Waals surface area contributed by atoms with Crippen LogP contribution < -0.4 is 10.1 Å². The first-order valence-corrected chi connectivity index (χ1v) is 9.30. The minimum absolute atomic E-state index is 0.0449. The highest BCUT2D eigenvalue weighted by atomic mass is 32.2. The molecule has 3 nitrogen and oxygen atoms in total. The van der Waals surface area contributed by atoms with Crippen molar-refractivity contribution in [3.63, 3.8) is 0 Å². The van der Waals surface area contributed by atoms with Gasteiger partial charge in [0, 0.05) is 12.3 Å². The number of amides is 1. The Balaban J connectivity index is 1.67. The third-order valence-corrected chi connectivity index (χ3v) is 5.04. The van der Waals surface area contributed by atoms with E-state index in [1.54, 1.807) is 18.9 Å². The summed E-state index contributed by atoms with van der Waals surface area (Å²) in [6.45, 7) is 2.65. The molecule has 0 saturated heterocycles. The van der Waals surface area contributed by atoms with Crippen LogP contribution in [0.15, 0.2) is 54.6 Å². The monoisotopic (exact) mass is 343 g/mol. The number of thioether (sulfide) groups is 1. The van der Waals surface area contributed by atoms with Crippen molar-refractivity contribution in [1.82, 2.24) is 5.32 Å². The fourth-order valence-electron chi connectivity index (χ4n) is 2.41. The number of rotatable bonds is 9. The molecule has 2 aromatic rings. The van der Waals surface area contributed by atoms with Crippen LogP contribution >= 0.6 is 11.8 Å². The van der Waals surface area contributed by atoms with Gasteiger partial charge in [0.15, 0.2) is 0 Å². The van der Waals surface area contributed by atoms with E-state index in [0.717, 1.165) is 24.3 Å². The molecule has 24 heavy (non-hydrogen) atoms. The summed E-state index contributed by atoms with van der Waals surface area (Å²) in [7, 11) is 1.69. The highest BCUT2D eigenvalue weighted by Crippen LogP contribution is 2.19. The van der Waals surface area contributed by atoms with Gasteiger partial charge in [-0.3, -0.25) is 4.79 Å². The second-order valence-corrected chi connectivity index (χ2v) is 6.97. The summed E-state index contributed by atoms with van der Waals surface area (Å²) in [5, 5.41) is 2.98. The zero-order chi connectivity index (χ0) is 17.2. The molecule has 1 amide bonds. The van der Waals surface area contributed by atoms with Gasteiger partial charge >= 0.3 is 0 Å². The SMILES string of the molecule is COc1ccccc1CCCNC(=O)[C@@H](C)SCc1ccccc1. The minimum atomic E-state index is -0.0449. The van der Waals surface area contributed by atoms with Crippen molar-refractivity contribution >= 4 is 17.7 Å². The van der Waals surface area contributed by atoms with E-state index in [1.165, 1.54) is 11.1 Å². The summed E-state index contributed by atoms with van der Waals surface area (Å²) < 4.78 is 5.35. The van der Waals surface area contributed by atoms with E-state index in [9.17, 15) is 4.79 Å². The van der Waals surface area contributed by atoms with Crippen LogP contribution in [0.4, 0.5) is 0 Å². The van der Waals surface area contributed by atoms with Crippen molar-refractivity contribution in [2.45, 2.75) is 30.8 Å². The van der Waals surface area contributed by atoms with Gasteiger partial charge in [-0.25, -0.2) is 0 Å². The van der Waals surface area contributed by atoms with Crippen LogP contribution in [0, 0.1) is 0 Å². The lowest BCUT2D eigenvalue weighted by atomic mass is 10.1. The first-order valence-electron chi connectivity index (χ1n) is 8.26. The summed E-state index contributed by atoms with van der Waals surface area (Å²) in [6, 6.07) is 18.3. The molecule has 0 saturated carbocycles. The molecule has 0 aliphatic carbocycles. The lowest BCUT2D eigenvalue weighted by molar-refractivity contribution is -0.120. The molecule has 0 radical (unpaired) electrons. The molecule has 4 heteroatoms. The Morgan fingerprint density at radius 2 is 1.83 bits per heavy atom. The van der Waals surface area contributed by atoms with Crippen molar-refractivity contribution in [2.75, 3.05) is 13.7 Å². The number of nitrogens with one attached hydrogen (secondary N) is 1. The average Bonchev–Trinajstić information content (AvgIpc) is 2.64. The third-order valence-electron chi connectivity index (χ3n) is 3.83. The zero-order valence-corrected chi connectivity index (χ0v) is 15.1. The Kier molecular flexibility index (Phi) is 7.69. The topological polar surface area (TPSA) is 38.3 Å². The summed E-state index contributed by atoms with van der Waals surface area (Å²) in [6.07, 6.45) is 1.80. The van der Waals surface area contributed by atoms with Crippen molar-refractivity contribution in [3.8, 4) is 5.75 Å². The van der Waals surface area contributed by atoms with Gasteiger partial charge in [0.2, 0.25) is 5.91 Å². The van der Waals surface area contributed by atoms with Gasteiger partial charge in [0.05, 0.1) is 12.4 Å². The van der Waals surface area contributed by atoms with Crippen molar-refractivity contribution < 1.29 is 9.53 Å². The Morgan fingerprint density at radius 1 is 1.12 bits per heavy atom. The lowest BCUT2D eigenvalue weighted by Crippen LogP contribution is -2.31. The number of ether oxygens (including phenoxy) is 1. The van der Waals surface area contributed by atoms with E-state index in [0.29, 0.717) is 6.54 Å². The van der Waals surface area contributed by atoms with Gasteiger partial charge in [0.25, 0.3) is 0 Å². The van der Waals surface area contributed by atoms with E-state index in [1.807, 2.05) is 43.3 Å². The standard InChI is InChI=1S/C20H25NO2S/c1-16(24-15-17-9-4-3-5-10-17)20(22)21-14-8-12-18-11-6-7-13-19(18)23-2/h3-7,9-11,13,16H,8,12,14-15H2,1-2H3,(H,21,22)/t16-/m1/s1. The van der Waals surface area contributed by atoms with Crippen LogP contribution in [0.1, 0.15) is 24.5 Å². The first kappa shape index (κ1) is 18.4. The lowest BCUT2D eigenvalue weighted by Gasteiger charge is -2.12. The number of hydrogen-bond donors (Lipinski definition) is 1. The fourth-order valence-corrected chi connectivity index (χ4v) is 3.28. The highest BCUT2D eigenvalue weighted by molar-refractivity contribution is 7.99. The smallest absolute Gasteiger partial charge is 0.232 e. The summed E-state index contributed by atoms with van der Waals surface area (Å²) in [4.78, 5) is 12.1. The number of methoxy groups -OCH3 is 1. The zero-order valence-electron chi connectivity index (χ0n) is 14.3. The summed E-state index contributed by atoms with van der Waals surface area (Å²) >= 11 is 1.67. The average molecular weight is 343 g/mol. The maximum atomic E-state index is 12.1. The normalized spacial score (nSPS) is 11.8. The number of carbonyl (C=O) groups excluding carboxylic acids is 1. The Hall–Kier alpha value is -1.94. The second kappa shape index (κ2) is 10.0. The first-order chi connectivity index (χ1) is 11.7. The number of para-hydroxylation sites is 1. The van der Waals surface area contributed by atoms with Crippen LogP contribution in [0.3, 0.4) is 0 Å². The van der Waals surface area contributed by atoms with Crippen LogP contribution in [0.25, 0.3) is 0 Å². The predicted octanol–water partition coefficient (Wildman–Crippen LogP) is 4.07. The molecule has 0 bridgehead atoms. The quantitative estimate of drug-likeness (QED) is 0.698. The molecule has 2 aromatic carbocycles. The van der Waals surface area contributed by atoms with Crippen LogP contribution in [-0.4, -0.2) is 24.8 Å². The number of hydrogen-bond acceptors (Lipinski definition) is 3. The predicted molar refractivity (Wildman–Crippen MR) is 102 cm³/mol. The molecule has 1 N–H and O–H groups in total. The molecule has 0 fully saturated rings. The number of benzene rings is 2. The van der Waals surface area contributed by atoms with E-state index in [-0.39, 0.29) is 11.2 Å². The molecule has 0 aliphatic rings. The molecular formula is C20H25NO2S. The molecule has 2 rings (SSSR count). The van der Waals surface area contributed by atoms with Gasteiger partial charge in [-0.2, -0.15) is 0 Å². The summed E-state index contributed by atoms with van der Waals surface area (Å²) in [5.41, 5.74) is 2.43. The fraction of sp³-hybridized carbons (Fsp3) is 0.350. The van der Waals surface area contributed by atoms with Gasteiger partial charge < -0.3 is 10.1 Å². The van der Waals surface area contributed by atoms with Crippen LogP contribution in [-0.2, 0) is 17.0 Å². The maximum Gasteiger partial charge on any atom is 0.232 e. The second-order valence-electron chi connectivity index (χ2n) is 5.65. The van der Waals surface area contributed by atoms with Gasteiger partial charge in [-0.1, -0.05) is 48.5 Å². The molecule has 0 unspecified atom stereocenters. The van der Waals surface area contributed by atoms with Crippen LogP contribution in [0.5, 0.6) is 5.75 Å². The van der Waals surface area contributed by atoms with Crippen molar-refractivity contribution in [3.05, 3.63) is 65.7 Å². The number of aryl methyl sites for hydroxylation is 1. The molecule has 0 aliphatic heterocycles. The molecule has 1 atom stereocenters. The molecular weight excluding hydrogens is 318 g/mol. The van der Waals surface area contributed by atoms with Gasteiger partial charge in [-0.15, -0.1) is 11.8 Å².